The van der Waals surface area contributed by atoms with Crippen molar-refractivity contribution < 1.29 is 13.6 Å². The molecule has 0 saturated carbocycles. The molecule has 8 heteroatoms. The molecule has 154 valence electrons. The number of aryl methyl sites for hydroxylation is 1. The number of amides is 1. The fourth-order valence-corrected chi connectivity index (χ4v) is 3.83. The van der Waals surface area contributed by atoms with E-state index in [0.29, 0.717) is 23.6 Å². The zero-order valence-corrected chi connectivity index (χ0v) is 18.2. The van der Waals surface area contributed by atoms with Gasteiger partial charge in [-0.1, -0.05) is 43.6 Å². The van der Waals surface area contributed by atoms with Crippen molar-refractivity contribution in [1.29, 1.82) is 0 Å². The number of fused-ring (bicyclic) bond motifs is 1. The van der Waals surface area contributed by atoms with E-state index in [1.807, 2.05) is 49.6 Å². The summed E-state index contributed by atoms with van der Waals surface area (Å²) in [6.45, 7) is 6.52. The van der Waals surface area contributed by atoms with Crippen LogP contribution in [0.4, 0.5) is 0 Å². The van der Waals surface area contributed by atoms with Gasteiger partial charge in [0.1, 0.15) is 5.82 Å². The van der Waals surface area contributed by atoms with Gasteiger partial charge in [0.15, 0.2) is 0 Å². The zero-order chi connectivity index (χ0) is 21.1. The first-order valence-electron chi connectivity index (χ1n) is 9.39. The van der Waals surface area contributed by atoms with Crippen LogP contribution in [0.3, 0.4) is 0 Å². The van der Waals surface area contributed by atoms with Crippen molar-refractivity contribution in [2.24, 2.45) is 5.92 Å². The van der Waals surface area contributed by atoms with E-state index in [1.54, 1.807) is 18.2 Å². The SMILES string of the molecule is Cc1nc2ccc(C(=O)N(CCC(C)C)S(=O)[O-])cc2n1Cc1ccccc1Cl. The molecule has 0 fully saturated rings. The maximum atomic E-state index is 12.9. The van der Waals surface area contributed by atoms with Gasteiger partial charge in [-0.3, -0.25) is 13.3 Å². The standard InChI is InChI=1S/C21H24ClN3O3S/c1-14(2)10-11-25(29(27)28)21(26)16-8-9-19-20(12-16)24(15(3)23-19)13-17-6-4-5-7-18(17)22/h4-9,12,14H,10-11,13H2,1-3H3,(H,27,28)/p-1. The van der Waals surface area contributed by atoms with E-state index in [1.165, 1.54) is 0 Å². The molecular weight excluding hydrogens is 410 g/mol. The molecule has 0 saturated heterocycles. The van der Waals surface area contributed by atoms with Crippen molar-refractivity contribution in [3.8, 4) is 0 Å². The molecule has 1 amide bonds. The summed E-state index contributed by atoms with van der Waals surface area (Å²) >= 11 is 3.68. The van der Waals surface area contributed by atoms with Crippen molar-refractivity contribution in [3.05, 3.63) is 64.4 Å². The summed E-state index contributed by atoms with van der Waals surface area (Å²) in [7, 11) is 0. The van der Waals surface area contributed by atoms with Crippen LogP contribution in [0.1, 0.15) is 42.0 Å². The van der Waals surface area contributed by atoms with Gasteiger partial charge in [0.05, 0.1) is 17.6 Å². The molecule has 0 aliphatic carbocycles. The predicted octanol–water partition coefficient (Wildman–Crippen LogP) is 4.33. The number of aromatic nitrogens is 2. The number of nitrogens with zero attached hydrogens (tertiary/aromatic N) is 3. The third-order valence-electron chi connectivity index (χ3n) is 4.79. The lowest BCUT2D eigenvalue weighted by molar-refractivity contribution is 0.0855. The van der Waals surface area contributed by atoms with Crippen LogP contribution in [0.2, 0.25) is 5.02 Å². The number of carbonyl (C=O) groups is 1. The third-order valence-corrected chi connectivity index (χ3v) is 5.87. The molecule has 29 heavy (non-hydrogen) atoms. The molecule has 1 aromatic heterocycles. The molecule has 0 N–H and O–H groups in total. The molecule has 0 aliphatic rings. The Labute approximate surface area is 177 Å². The molecule has 6 nitrogen and oxygen atoms in total. The highest BCUT2D eigenvalue weighted by molar-refractivity contribution is 7.77. The topological polar surface area (TPSA) is 78.3 Å². The Morgan fingerprint density at radius 2 is 2.00 bits per heavy atom. The maximum absolute atomic E-state index is 12.9. The monoisotopic (exact) mass is 432 g/mol. The summed E-state index contributed by atoms with van der Waals surface area (Å²) in [5.41, 5.74) is 2.75. The summed E-state index contributed by atoms with van der Waals surface area (Å²) in [5, 5.41) is 0.655. The van der Waals surface area contributed by atoms with Crippen LogP contribution in [0.25, 0.3) is 11.0 Å². The lowest BCUT2D eigenvalue weighted by Gasteiger charge is -2.25. The second kappa shape index (κ2) is 9.07. The highest BCUT2D eigenvalue weighted by atomic mass is 35.5. The van der Waals surface area contributed by atoms with Gasteiger partial charge in [0.25, 0.3) is 5.91 Å². The molecule has 2 aromatic carbocycles. The molecule has 3 rings (SSSR count). The maximum Gasteiger partial charge on any atom is 0.264 e. The van der Waals surface area contributed by atoms with Crippen LogP contribution >= 0.6 is 11.6 Å². The average Bonchev–Trinajstić information content (AvgIpc) is 2.97. The molecule has 0 radical (unpaired) electrons. The van der Waals surface area contributed by atoms with Crippen molar-refractivity contribution in [3.63, 3.8) is 0 Å². The number of imidazole rings is 1. The molecule has 1 heterocycles. The van der Waals surface area contributed by atoms with E-state index >= 15 is 0 Å². The average molecular weight is 433 g/mol. The smallest absolute Gasteiger partial charge is 0.264 e. The van der Waals surface area contributed by atoms with Crippen molar-refractivity contribution >= 4 is 39.8 Å². The lowest BCUT2D eigenvalue weighted by Crippen LogP contribution is -2.34. The van der Waals surface area contributed by atoms with Crippen molar-refractivity contribution in [2.75, 3.05) is 6.54 Å². The first-order chi connectivity index (χ1) is 13.8. The van der Waals surface area contributed by atoms with E-state index in [-0.39, 0.29) is 12.5 Å². The molecule has 1 atom stereocenters. The van der Waals surface area contributed by atoms with Gasteiger partial charge in [-0.2, -0.15) is 0 Å². The highest BCUT2D eigenvalue weighted by Crippen LogP contribution is 2.23. The van der Waals surface area contributed by atoms with Crippen LogP contribution in [0.5, 0.6) is 0 Å². The number of hydrogen-bond donors (Lipinski definition) is 0. The summed E-state index contributed by atoms with van der Waals surface area (Å²) in [6, 6.07) is 12.6. The third kappa shape index (κ3) is 4.86. The Kier molecular flexibility index (Phi) is 6.72. The Balaban J connectivity index is 1.97. The fraction of sp³-hybridized carbons (Fsp3) is 0.333. The lowest BCUT2D eigenvalue weighted by atomic mass is 10.1. The number of carbonyl (C=O) groups excluding carboxylic acids is 1. The summed E-state index contributed by atoms with van der Waals surface area (Å²) in [5.74, 6) is 0.536. The summed E-state index contributed by atoms with van der Waals surface area (Å²) in [6.07, 6.45) is 0.603. The predicted molar refractivity (Wildman–Crippen MR) is 114 cm³/mol. The second-order valence-corrected chi connectivity index (χ2v) is 8.63. The van der Waals surface area contributed by atoms with Crippen LogP contribution in [-0.2, 0) is 17.8 Å². The molecular formula is C21H23ClN3O3S-. The van der Waals surface area contributed by atoms with Crippen LogP contribution in [0, 0.1) is 12.8 Å². The Morgan fingerprint density at radius 1 is 1.28 bits per heavy atom. The zero-order valence-electron chi connectivity index (χ0n) is 16.6. The Morgan fingerprint density at radius 3 is 2.66 bits per heavy atom. The van der Waals surface area contributed by atoms with Gasteiger partial charge < -0.3 is 9.12 Å². The van der Waals surface area contributed by atoms with Gasteiger partial charge in [-0.15, -0.1) is 0 Å². The number of halogens is 1. The van der Waals surface area contributed by atoms with Gasteiger partial charge in [0.2, 0.25) is 0 Å². The minimum atomic E-state index is -2.62. The van der Waals surface area contributed by atoms with Crippen molar-refractivity contribution in [1.82, 2.24) is 13.9 Å². The molecule has 0 spiro atoms. The number of benzene rings is 2. The first-order valence-corrected chi connectivity index (χ1v) is 10.8. The fourth-order valence-electron chi connectivity index (χ4n) is 3.14. The van der Waals surface area contributed by atoms with E-state index in [4.69, 9.17) is 11.6 Å². The molecule has 3 aromatic rings. The van der Waals surface area contributed by atoms with Gasteiger partial charge in [-0.25, -0.2) is 4.98 Å². The molecule has 0 aliphatic heterocycles. The van der Waals surface area contributed by atoms with E-state index in [2.05, 4.69) is 4.98 Å². The summed E-state index contributed by atoms with van der Waals surface area (Å²) in [4.78, 5) is 17.4. The molecule has 0 bridgehead atoms. The van der Waals surface area contributed by atoms with Crippen LogP contribution < -0.4 is 0 Å². The minimum Gasteiger partial charge on any atom is -0.755 e. The van der Waals surface area contributed by atoms with Gasteiger partial charge in [-0.05, 0) is 49.1 Å². The Bertz CT molecular complexity index is 1060. The quantitative estimate of drug-likeness (QED) is 0.520. The van der Waals surface area contributed by atoms with Gasteiger partial charge in [0, 0.05) is 28.4 Å². The first kappa shape index (κ1) is 21.5. The second-order valence-electron chi connectivity index (χ2n) is 7.35. The van der Waals surface area contributed by atoms with Crippen LogP contribution in [-0.4, -0.2) is 35.1 Å². The normalized spacial score (nSPS) is 12.5. The minimum absolute atomic E-state index is 0.155. The van der Waals surface area contributed by atoms with Gasteiger partial charge >= 0.3 is 0 Å². The van der Waals surface area contributed by atoms with E-state index in [0.717, 1.165) is 26.7 Å². The summed E-state index contributed by atoms with van der Waals surface area (Å²) < 4.78 is 26.1. The highest BCUT2D eigenvalue weighted by Gasteiger charge is 2.19. The number of rotatable bonds is 7. The van der Waals surface area contributed by atoms with Crippen LogP contribution in [0.15, 0.2) is 42.5 Å². The van der Waals surface area contributed by atoms with E-state index in [9.17, 15) is 13.6 Å². The Hall–Kier alpha value is -2.22. The largest absolute Gasteiger partial charge is 0.755 e. The number of hydrogen-bond acceptors (Lipinski definition) is 4. The van der Waals surface area contributed by atoms with Crippen molar-refractivity contribution in [2.45, 2.75) is 33.7 Å². The molecule has 1 unspecified atom stereocenters. The van der Waals surface area contributed by atoms with E-state index < -0.39 is 17.2 Å².